The highest BCUT2D eigenvalue weighted by molar-refractivity contribution is 7.38. The van der Waals surface area contributed by atoms with Crippen molar-refractivity contribution in [1.29, 1.82) is 0 Å². The van der Waals surface area contributed by atoms with Crippen LogP contribution in [0.2, 0.25) is 32.2 Å². The SMILES string of the molecule is C[Si]1(C)CCC(OCC2CO2)O[Si]1(C)C. The Kier molecular flexibility index (Phi) is 3.11. The van der Waals surface area contributed by atoms with Crippen molar-refractivity contribution in [2.24, 2.45) is 0 Å². The van der Waals surface area contributed by atoms with Gasteiger partial charge in [-0.1, -0.05) is 19.1 Å². The van der Waals surface area contributed by atoms with Crippen LogP contribution < -0.4 is 0 Å². The molecular weight excluding hydrogens is 224 g/mol. The van der Waals surface area contributed by atoms with Gasteiger partial charge in [0.1, 0.15) is 12.4 Å². The molecule has 88 valence electrons. The van der Waals surface area contributed by atoms with Gasteiger partial charge in [-0.15, -0.1) is 0 Å². The van der Waals surface area contributed by atoms with Gasteiger partial charge in [-0.05, 0) is 19.5 Å². The van der Waals surface area contributed by atoms with Crippen LogP contribution in [0.15, 0.2) is 0 Å². The zero-order valence-electron chi connectivity index (χ0n) is 10.2. The van der Waals surface area contributed by atoms with E-state index >= 15 is 0 Å². The molecule has 2 aliphatic heterocycles. The molecule has 0 saturated carbocycles. The normalized spacial score (nSPS) is 37.6. The number of rotatable bonds is 3. The number of hydrogen-bond acceptors (Lipinski definition) is 3. The Balaban J connectivity index is 1.84. The minimum absolute atomic E-state index is 0.0522. The van der Waals surface area contributed by atoms with E-state index in [1.54, 1.807) is 0 Å². The summed E-state index contributed by atoms with van der Waals surface area (Å²) < 4.78 is 17.1. The van der Waals surface area contributed by atoms with E-state index in [0.29, 0.717) is 6.10 Å². The first kappa shape index (κ1) is 11.8. The number of ether oxygens (including phenoxy) is 2. The van der Waals surface area contributed by atoms with Crippen molar-refractivity contribution in [2.45, 2.75) is 51.0 Å². The van der Waals surface area contributed by atoms with Crippen LogP contribution in [0, 0.1) is 0 Å². The average Bonchev–Trinajstić information content (AvgIpc) is 2.91. The first-order valence-corrected chi connectivity index (χ1v) is 12.9. The summed E-state index contributed by atoms with van der Waals surface area (Å²) in [6.07, 6.45) is 1.49. The van der Waals surface area contributed by atoms with Crippen molar-refractivity contribution in [3.8, 4) is 0 Å². The van der Waals surface area contributed by atoms with E-state index in [4.69, 9.17) is 13.9 Å². The lowest BCUT2D eigenvalue weighted by molar-refractivity contribution is -0.0924. The molecule has 0 spiro atoms. The van der Waals surface area contributed by atoms with Crippen molar-refractivity contribution in [2.75, 3.05) is 13.2 Å². The molecule has 0 N–H and O–H groups in total. The van der Waals surface area contributed by atoms with Gasteiger partial charge in [0.05, 0.1) is 20.8 Å². The molecule has 0 radical (unpaired) electrons. The minimum Gasteiger partial charge on any atom is -0.396 e. The molecule has 0 aromatic heterocycles. The Morgan fingerprint density at radius 2 is 1.93 bits per heavy atom. The molecular formula is C10H22O3Si2. The minimum atomic E-state index is -1.46. The second-order valence-electron chi connectivity index (χ2n) is 5.77. The topological polar surface area (TPSA) is 31.0 Å². The van der Waals surface area contributed by atoms with E-state index < -0.39 is 15.4 Å². The lowest BCUT2D eigenvalue weighted by atomic mass is 10.4. The molecule has 2 fully saturated rings. The van der Waals surface area contributed by atoms with E-state index in [1.807, 2.05) is 0 Å². The van der Waals surface area contributed by atoms with Gasteiger partial charge in [0.25, 0.3) is 0 Å². The molecule has 2 unspecified atom stereocenters. The Labute approximate surface area is 94.0 Å². The van der Waals surface area contributed by atoms with Crippen molar-refractivity contribution in [3.05, 3.63) is 0 Å². The Bertz CT molecular complexity index is 237. The molecule has 2 saturated heterocycles. The van der Waals surface area contributed by atoms with Crippen LogP contribution in [-0.4, -0.2) is 41.0 Å². The third kappa shape index (κ3) is 2.71. The summed E-state index contributed by atoms with van der Waals surface area (Å²) in [7, 11) is -2.55. The van der Waals surface area contributed by atoms with E-state index in [-0.39, 0.29) is 6.29 Å². The summed E-state index contributed by atoms with van der Waals surface area (Å²) in [4.78, 5) is 0. The summed E-state index contributed by atoms with van der Waals surface area (Å²) in [5, 5.41) is 0. The fourth-order valence-corrected chi connectivity index (χ4v) is 8.14. The van der Waals surface area contributed by atoms with Crippen LogP contribution in [0.3, 0.4) is 0 Å². The van der Waals surface area contributed by atoms with Crippen LogP contribution >= 0.6 is 0 Å². The molecule has 15 heavy (non-hydrogen) atoms. The predicted molar refractivity (Wildman–Crippen MR) is 65.0 cm³/mol. The molecule has 0 aromatic rings. The van der Waals surface area contributed by atoms with Gasteiger partial charge < -0.3 is 13.9 Å². The van der Waals surface area contributed by atoms with Crippen molar-refractivity contribution < 1.29 is 13.9 Å². The van der Waals surface area contributed by atoms with Gasteiger partial charge in [-0.25, -0.2) is 0 Å². The summed E-state index contributed by atoms with van der Waals surface area (Å²) in [5.41, 5.74) is 0. The highest BCUT2D eigenvalue weighted by Crippen LogP contribution is 2.33. The van der Waals surface area contributed by atoms with E-state index in [2.05, 4.69) is 26.2 Å². The van der Waals surface area contributed by atoms with E-state index in [1.165, 1.54) is 6.04 Å². The lowest BCUT2D eigenvalue weighted by Crippen LogP contribution is -2.62. The Hall–Kier alpha value is 0.314. The van der Waals surface area contributed by atoms with Gasteiger partial charge in [-0.3, -0.25) is 0 Å². The fourth-order valence-electron chi connectivity index (χ4n) is 1.82. The second-order valence-corrected chi connectivity index (χ2v) is 21.0. The maximum atomic E-state index is 6.19. The van der Waals surface area contributed by atoms with Crippen molar-refractivity contribution >= 4 is 15.4 Å². The predicted octanol–water partition coefficient (Wildman–Crippen LogP) is 2.14. The van der Waals surface area contributed by atoms with Gasteiger partial charge >= 0.3 is 0 Å². The summed E-state index contributed by atoms with van der Waals surface area (Å²) in [6, 6.07) is 1.35. The Morgan fingerprint density at radius 1 is 1.27 bits per heavy atom. The van der Waals surface area contributed by atoms with Crippen molar-refractivity contribution in [3.63, 3.8) is 0 Å². The zero-order valence-corrected chi connectivity index (χ0v) is 12.2. The van der Waals surface area contributed by atoms with Crippen molar-refractivity contribution in [1.82, 2.24) is 0 Å². The number of epoxide rings is 1. The van der Waals surface area contributed by atoms with Crippen LogP contribution in [0.4, 0.5) is 0 Å². The standard InChI is InChI=1S/C10H22O3Si2/c1-14(2)6-5-10(13-15(14,3)4)12-8-9-7-11-9/h9-10H,5-8H2,1-4H3. The quantitative estimate of drug-likeness (QED) is 0.565. The van der Waals surface area contributed by atoms with Crippen LogP contribution in [0.25, 0.3) is 0 Å². The molecule has 2 atom stereocenters. The Morgan fingerprint density at radius 3 is 2.47 bits per heavy atom. The third-order valence-corrected chi connectivity index (χ3v) is 20.5. The average molecular weight is 246 g/mol. The van der Waals surface area contributed by atoms with Crippen LogP contribution in [-0.2, 0) is 13.9 Å². The fraction of sp³-hybridized carbons (Fsp3) is 1.00. The molecule has 5 heteroatoms. The highest BCUT2D eigenvalue weighted by atomic mass is 29.3. The summed E-state index contributed by atoms with van der Waals surface area (Å²) >= 11 is 0. The van der Waals surface area contributed by atoms with Gasteiger partial charge in [0.2, 0.25) is 0 Å². The largest absolute Gasteiger partial charge is 0.396 e. The molecule has 2 heterocycles. The molecule has 0 aliphatic carbocycles. The second kappa shape index (κ2) is 3.96. The molecule has 2 rings (SSSR count). The van der Waals surface area contributed by atoms with Gasteiger partial charge in [0.15, 0.2) is 7.83 Å². The molecule has 0 bridgehead atoms. The maximum absolute atomic E-state index is 6.19. The van der Waals surface area contributed by atoms with E-state index in [9.17, 15) is 0 Å². The lowest BCUT2D eigenvalue weighted by Gasteiger charge is -2.45. The number of hydrogen-bond donors (Lipinski definition) is 0. The van der Waals surface area contributed by atoms with Gasteiger partial charge in [0, 0.05) is 0 Å². The first-order valence-electron chi connectivity index (χ1n) is 5.82. The van der Waals surface area contributed by atoms with Crippen LogP contribution in [0.5, 0.6) is 0 Å². The molecule has 2 aliphatic rings. The smallest absolute Gasteiger partial charge is 0.177 e. The third-order valence-electron chi connectivity index (χ3n) is 3.93. The van der Waals surface area contributed by atoms with Gasteiger partial charge in [-0.2, -0.15) is 0 Å². The molecule has 0 aromatic carbocycles. The highest BCUT2D eigenvalue weighted by Gasteiger charge is 2.48. The maximum Gasteiger partial charge on any atom is 0.177 e. The molecule has 0 amide bonds. The monoisotopic (exact) mass is 246 g/mol. The zero-order chi connectivity index (χ0) is 11.1. The summed E-state index contributed by atoms with van der Waals surface area (Å²) in [5.74, 6) is 0. The van der Waals surface area contributed by atoms with E-state index in [0.717, 1.165) is 19.6 Å². The summed E-state index contributed by atoms with van der Waals surface area (Å²) in [6.45, 7) is 11.2. The first-order chi connectivity index (χ1) is 6.91. The van der Waals surface area contributed by atoms with Crippen LogP contribution in [0.1, 0.15) is 6.42 Å². The molecule has 3 nitrogen and oxygen atoms in total.